The molecule has 2 aromatic heterocycles. The molecule has 0 saturated carbocycles. The zero-order valence-electron chi connectivity index (χ0n) is 15.5. The molecule has 1 unspecified atom stereocenters. The summed E-state index contributed by atoms with van der Waals surface area (Å²) in [5.74, 6) is 0.0265. The number of amides is 1. The van der Waals surface area contributed by atoms with Crippen molar-refractivity contribution >= 4 is 41.8 Å². The van der Waals surface area contributed by atoms with Crippen LogP contribution in [0.15, 0.2) is 21.9 Å². The topological polar surface area (TPSA) is 103 Å². The Bertz CT molecular complexity index is 954. The summed E-state index contributed by atoms with van der Waals surface area (Å²) >= 11 is 0. The maximum Gasteiger partial charge on any atom is 0.332 e. The third-order valence-electron chi connectivity index (χ3n) is 4.48. The first-order chi connectivity index (χ1) is 11.8. The van der Waals surface area contributed by atoms with Gasteiger partial charge in [-0.3, -0.25) is 18.7 Å². The van der Waals surface area contributed by atoms with Gasteiger partial charge in [-0.15, -0.1) is 24.8 Å². The first-order valence-corrected chi connectivity index (χ1v) is 8.44. The van der Waals surface area contributed by atoms with E-state index >= 15 is 0 Å². The number of nitrogens with two attached hydrogens (primary N) is 1. The van der Waals surface area contributed by atoms with Gasteiger partial charge in [0.2, 0.25) is 0 Å². The smallest absolute Gasteiger partial charge is 0.332 e. The van der Waals surface area contributed by atoms with Gasteiger partial charge in [0.25, 0.3) is 11.5 Å². The molecule has 8 nitrogen and oxygen atoms in total. The van der Waals surface area contributed by atoms with Gasteiger partial charge in [0, 0.05) is 38.9 Å². The van der Waals surface area contributed by atoms with Crippen LogP contribution in [0, 0.1) is 5.92 Å². The zero-order chi connectivity index (χ0) is 18.3. The Kier molecular flexibility index (Phi) is 7.59. The number of aromatic nitrogens is 3. The number of carbonyl (C=O) groups is 1. The minimum atomic E-state index is -0.444. The van der Waals surface area contributed by atoms with Gasteiger partial charge in [0.15, 0.2) is 0 Å². The van der Waals surface area contributed by atoms with Gasteiger partial charge in [-0.1, -0.05) is 13.8 Å². The lowest BCUT2D eigenvalue weighted by Crippen LogP contribution is -2.39. The van der Waals surface area contributed by atoms with Crippen molar-refractivity contribution in [3.63, 3.8) is 0 Å². The molecule has 0 aliphatic carbocycles. The highest BCUT2D eigenvalue weighted by molar-refractivity contribution is 5.97. The zero-order valence-corrected chi connectivity index (χ0v) is 17.2. The molecular weight excluding hydrogens is 393 g/mol. The van der Waals surface area contributed by atoms with E-state index in [0.29, 0.717) is 30.8 Å². The number of carbonyl (C=O) groups excluding carboxylic acids is 1. The van der Waals surface area contributed by atoms with Gasteiger partial charge < -0.3 is 10.6 Å². The normalized spacial score (nSPS) is 16.3. The van der Waals surface area contributed by atoms with Crippen molar-refractivity contribution in [2.24, 2.45) is 18.7 Å². The summed E-state index contributed by atoms with van der Waals surface area (Å²) in [6, 6.07) is 1.52. The van der Waals surface area contributed by atoms with E-state index in [1.165, 1.54) is 23.9 Å². The van der Waals surface area contributed by atoms with Gasteiger partial charge in [0.05, 0.1) is 10.9 Å². The average Bonchev–Trinajstić information content (AvgIpc) is 3.02. The first-order valence-electron chi connectivity index (χ1n) is 8.44. The molecule has 0 spiro atoms. The highest BCUT2D eigenvalue weighted by atomic mass is 35.5. The number of halogens is 2. The van der Waals surface area contributed by atoms with E-state index in [1.54, 1.807) is 4.90 Å². The maximum absolute atomic E-state index is 12.6. The van der Waals surface area contributed by atoms with Crippen molar-refractivity contribution in [2.45, 2.75) is 32.9 Å². The molecule has 2 aromatic rings. The fraction of sp³-hybridized carbons (Fsp3) is 0.529. The quantitative estimate of drug-likeness (QED) is 0.793. The summed E-state index contributed by atoms with van der Waals surface area (Å²) in [7, 11) is 1.44. The number of hydrogen-bond donors (Lipinski definition) is 1. The molecule has 1 amide bonds. The van der Waals surface area contributed by atoms with E-state index in [2.05, 4.69) is 4.98 Å². The van der Waals surface area contributed by atoms with Crippen LogP contribution in [0.2, 0.25) is 0 Å². The molecule has 27 heavy (non-hydrogen) atoms. The second-order valence-electron chi connectivity index (χ2n) is 7.05. The van der Waals surface area contributed by atoms with E-state index in [0.717, 1.165) is 11.0 Å². The molecule has 1 aliphatic rings. The molecule has 3 heterocycles. The second kappa shape index (κ2) is 8.86. The van der Waals surface area contributed by atoms with Gasteiger partial charge >= 0.3 is 5.69 Å². The number of fused-ring (bicyclic) bond motifs is 1. The van der Waals surface area contributed by atoms with Crippen molar-refractivity contribution < 1.29 is 4.79 Å². The molecule has 10 heteroatoms. The summed E-state index contributed by atoms with van der Waals surface area (Å²) in [5.41, 5.74) is 5.67. The Hall–Kier alpha value is -1.90. The summed E-state index contributed by atoms with van der Waals surface area (Å²) in [4.78, 5) is 43.5. The molecule has 0 aromatic carbocycles. The monoisotopic (exact) mass is 417 g/mol. The van der Waals surface area contributed by atoms with Crippen LogP contribution < -0.4 is 17.0 Å². The third kappa shape index (κ3) is 4.34. The van der Waals surface area contributed by atoms with Crippen LogP contribution in [0.4, 0.5) is 0 Å². The Morgan fingerprint density at radius 2 is 2.00 bits per heavy atom. The summed E-state index contributed by atoms with van der Waals surface area (Å²) in [5, 5.41) is 0.275. The largest absolute Gasteiger partial charge is 0.337 e. The Morgan fingerprint density at radius 3 is 2.56 bits per heavy atom. The van der Waals surface area contributed by atoms with E-state index < -0.39 is 11.2 Å². The molecule has 3 rings (SSSR count). The second-order valence-corrected chi connectivity index (χ2v) is 7.05. The van der Waals surface area contributed by atoms with Crippen molar-refractivity contribution in [3.8, 4) is 0 Å². The van der Waals surface area contributed by atoms with Gasteiger partial charge in [0.1, 0.15) is 5.65 Å². The van der Waals surface area contributed by atoms with E-state index in [-0.39, 0.29) is 48.1 Å². The van der Waals surface area contributed by atoms with Crippen LogP contribution in [0.5, 0.6) is 0 Å². The highest BCUT2D eigenvalue weighted by Crippen LogP contribution is 2.15. The number of hydrogen-bond acceptors (Lipinski definition) is 5. The van der Waals surface area contributed by atoms with Crippen molar-refractivity contribution in [2.75, 3.05) is 13.1 Å². The minimum Gasteiger partial charge on any atom is -0.337 e. The molecular formula is C17H25Cl2N5O3. The van der Waals surface area contributed by atoms with Crippen molar-refractivity contribution in [3.05, 3.63) is 38.7 Å². The van der Waals surface area contributed by atoms with Gasteiger partial charge in [-0.05, 0) is 18.4 Å². The Balaban J connectivity index is 0.00000182. The number of rotatable bonds is 3. The van der Waals surface area contributed by atoms with Crippen LogP contribution in [0.25, 0.3) is 11.0 Å². The van der Waals surface area contributed by atoms with Crippen molar-refractivity contribution in [1.82, 2.24) is 19.0 Å². The lowest BCUT2D eigenvalue weighted by Gasteiger charge is -2.17. The van der Waals surface area contributed by atoms with Crippen LogP contribution >= 0.6 is 24.8 Å². The van der Waals surface area contributed by atoms with Crippen LogP contribution in [0.3, 0.4) is 0 Å². The summed E-state index contributed by atoms with van der Waals surface area (Å²) in [6.45, 7) is 5.52. The molecule has 1 atom stereocenters. The molecule has 150 valence electrons. The summed E-state index contributed by atoms with van der Waals surface area (Å²) < 4.78 is 2.55. The standard InChI is InChI=1S/C17H23N5O3.2ClH/c1-10(2)8-22-14-13(16(24)20(3)17(22)25)6-11(7-19-14)15(23)21-5-4-12(18)9-21;;/h6-7,10,12H,4-5,8-9,18H2,1-3H3;2*1H. The molecule has 1 fully saturated rings. The van der Waals surface area contributed by atoms with Crippen LogP contribution in [-0.2, 0) is 13.6 Å². The fourth-order valence-electron chi connectivity index (χ4n) is 3.17. The lowest BCUT2D eigenvalue weighted by molar-refractivity contribution is 0.0790. The third-order valence-corrected chi connectivity index (χ3v) is 4.48. The molecule has 1 saturated heterocycles. The Morgan fingerprint density at radius 1 is 1.33 bits per heavy atom. The van der Waals surface area contributed by atoms with Crippen molar-refractivity contribution in [1.29, 1.82) is 0 Å². The average molecular weight is 418 g/mol. The minimum absolute atomic E-state index is 0. The van der Waals surface area contributed by atoms with Crippen LogP contribution in [-0.4, -0.2) is 44.1 Å². The lowest BCUT2D eigenvalue weighted by atomic mass is 10.2. The molecule has 0 bridgehead atoms. The maximum atomic E-state index is 12.6. The number of pyridine rings is 1. The number of likely N-dealkylation sites (tertiary alicyclic amines) is 1. The van der Waals surface area contributed by atoms with E-state index in [4.69, 9.17) is 5.73 Å². The SMILES string of the molecule is CC(C)Cn1c(=O)n(C)c(=O)c2cc(C(=O)N3CCC(N)C3)cnc21.Cl.Cl. The molecule has 0 radical (unpaired) electrons. The predicted molar refractivity (Wildman–Crippen MR) is 109 cm³/mol. The summed E-state index contributed by atoms with van der Waals surface area (Å²) in [6.07, 6.45) is 2.20. The van der Waals surface area contributed by atoms with Gasteiger partial charge in [-0.25, -0.2) is 9.78 Å². The van der Waals surface area contributed by atoms with Crippen LogP contribution in [0.1, 0.15) is 30.6 Å². The van der Waals surface area contributed by atoms with E-state index in [1.807, 2.05) is 13.8 Å². The predicted octanol–water partition coefficient (Wildman–Crippen LogP) is 0.768. The molecule has 1 aliphatic heterocycles. The fourth-order valence-corrected chi connectivity index (χ4v) is 3.17. The number of nitrogens with zero attached hydrogens (tertiary/aromatic N) is 4. The van der Waals surface area contributed by atoms with Gasteiger partial charge in [-0.2, -0.15) is 0 Å². The Labute approximate surface area is 169 Å². The molecule has 2 N–H and O–H groups in total. The first kappa shape index (κ1) is 23.1. The van der Waals surface area contributed by atoms with E-state index in [9.17, 15) is 14.4 Å². The highest BCUT2D eigenvalue weighted by Gasteiger charge is 2.25.